The Morgan fingerprint density at radius 2 is 1.56 bits per heavy atom. The van der Waals surface area contributed by atoms with Crippen LogP contribution in [0.15, 0.2) is 30.3 Å². The van der Waals surface area contributed by atoms with E-state index in [0.717, 1.165) is 0 Å². The standard InChI is InChI=1S/C11H15F3OSi/c1-16(2,3)15-10(11(12,13)14)9-7-5-4-6-8-9/h4-8,10H,1-3H3. The van der Waals surface area contributed by atoms with Gasteiger partial charge in [0.25, 0.3) is 0 Å². The molecule has 5 heteroatoms. The molecule has 0 aliphatic heterocycles. The molecule has 0 aliphatic rings. The molecule has 0 aromatic heterocycles. The van der Waals surface area contributed by atoms with Gasteiger partial charge in [0.2, 0.25) is 0 Å². The van der Waals surface area contributed by atoms with E-state index in [1.54, 1.807) is 37.8 Å². The van der Waals surface area contributed by atoms with Crippen molar-refractivity contribution in [1.29, 1.82) is 0 Å². The van der Waals surface area contributed by atoms with Crippen LogP contribution in [0.1, 0.15) is 11.7 Å². The monoisotopic (exact) mass is 248 g/mol. The normalized spacial score (nSPS) is 14.9. The van der Waals surface area contributed by atoms with Gasteiger partial charge in [-0.15, -0.1) is 0 Å². The molecule has 0 heterocycles. The van der Waals surface area contributed by atoms with Gasteiger partial charge in [-0.05, 0) is 25.2 Å². The molecule has 1 aromatic carbocycles. The molecule has 1 rings (SSSR count). The topological polar surface area (TPSA) is 9.23 Å². The average molecular weight is 248 g/mol. The lowest BCUT2D eigenvalue weighted by atomic mass is 10.1. The molecule has 1 aromatic rings. The van der Waals surface area contributed by atoms with Crippen LogP contribution in [0.25, 0.3) is 0 Å². The first-order chi connectivity index (χ1) is 7.20. The Morgan fingerprint density at radius 1 is 1.06 bits per heavy atom. The zero-order chi connectivity index (χ0) is 12.4. The molecule has 0 bridgehead atoms. The van der Waals surface area contributed by atoms with Gasteiger partial charge in [-0.3, -0.25) is 0 Å². The SMILES string of the molecule is C[Si](C)(C)OC(c1ccccc1)C(F)(F)F. The Morgan fingerprint density at radius 3 is 1.94 bits per heavy atom. The summed E-state index contributed by atoms with van der Waals surface area (Å²) in [7, 11) is -2.23. The van der Waals surface area contributed by atoms with Crippen LogP contribution in [0.3, 0.4) is 0 Å². The fourth-order valence-electron chi connectivity index (χ4n) is 1.31. The molecule has 0 spiro atoms. The molecule has 0 saturated carbocycles. The van der Waals surface area contributed by atoms with Gasteiger partial charge in [-0.25, -0.2) is 0 Å². The number of halogens is 3. The van der Waals surface area contributed by atoms with Gasteiger partial charge in [0, 0.05) is 0 Å². The van der Waals surface area contributed by atoms with Crippen molar-refractivity contribution in [2.24, 2.45) is 0 Å². The second-order valence-electron chi connectivity index (χ2n) is 4.56. The zero-order valence-corrected chi connectivity index (χ0v) is 10.5. The highest BCUT2D eigenvalue weighted by atomic mass is 28.4. The molecular weight excluding hydrogens is 233 g/mol. The minimum atomic E-state index is -4.36. The maximum atomic E-state index is 12.8. The Kier molecular flexibility index (Phi) is 3.80. The van der Waals surface area contributed by atoms with E-state index in [9.17, 15) is 13.2 Å². The third-order valence-corrected chi connectivity index (χ3v) is 2.81. The van der Waals surface area contributed by atoms with Crippen molar-refractivity contribution in [1.82, 2.24) is 0 Å². The first-order valence-electron chi connectivity index (χ1n) is 4.99. The molecule has 16 heavy (non-hydrogen) atoms. The summed E-state index contributed by atoms with van der Waals surface area (Å²) in [6.07, 6.45) is -6.16. The first-order valence-corrected chi connectivity index (χ1v) is 8.40. The minimum Gasteiger partial charge on any atom is -0.403 e. The Bertz CT molecular complexity index is 329. The lowest BCUT2D eigenvalue weighted by Crippen LogP contribution is -2.34. The van der Waals surface area contributed by atoms with Gasteiger partial charge in [0.15, 0.2) is 14.4 Å². The van der Waals surface area contributed by atoms with Crippen molar-refractivity contribution in [3.8, 4) is 0 Å². The first kappa shape index (κ1) is 13.3. The smallest absolute Gasteiger partial charge is 0.403 e. The van der Waals surface area contributed by atoms with Gasteiger partial charge in [-0.1, -0.05) is 30.3 Å². The third-order valence-electron chi connectivity index (χ3n) is 1.87. The molecular formula is C11H15F3OSi. The molecule has 1 unspecified atom stereocenters. The second kappa shape index (κ2) is 4.59. The molecule has 0 fully saturated rings. The van der Waals surface area contributed by atoms with Gasteiger partial charge in [-0.2, -0.15) is 13.2 Å². The van der Waals surface area contributed by atoms with Crippen LogP contribution < -0.4 is 0 Å². The molecule has 90 valence electrons. The quantitative estimate of drug-likeness (QED) is 0.730. The van der Waals surface area contributed by atoms with Crippen molar-refractivity contribution >= 4 is 8.32 Å². The Hall–Kier alpha value is -0.813. The van der Waals surface area contributed by atoms with Crippen LogP contribution in [-0.2, 0) is 4.43 Å². The predicted molar refractivity (Wildman–Crippen MR) is 59.7 cm³/mol. The molecule has 1 nitrogen and oxygen atoms in total. The summed E-state index contributed by atoms with van der Waals surface area (Å²) >= 11 is 0. The number of hydrogen-bond acceptors (Lipinski definition) is 1. The van der Waals surface area contributed by atoms with Crippen molar-refractivity contribution < 1.29 is 17.6 Å². The highest BCUT2D eigenvalue weighted by molar-refractivity contribution is 6.69. The van der Waals surface area contributed by atoms with E-state index < -0.39 is 20.6 Å². The van der Waals surface area contributed by atoms with E-state index in [2.05, 4.69) is 0 Å². The summed E-state index contributed by atoms with van der Waals surface area (Å²) in [6.45, 7) is 5.23. The lowest BCUT2D eigenvalue weighted by Gasteiger charge is -2.28. The van der Waals surface area contributed by atoms with Gasteiger partial charge in [0.1, 0.15) is 0 Å². The summed E-state index contributed by atoms with van der Waals surface area (Å²) in [6, 6.07) is 7.74. The molecule has 1 atom stereocenters. The van der Waals surface area contributed by atoms with Crippen LogP contribution in [0, 0.1) is 0 Å². The maximum Gasteiger partial charge on any atom is 0.417 e. The van der Waals surface area contributed by atoms with Crippen LogP contribution >= 0.6 is 0 Å². The van der Waals surface area contributed by atoms with Crippen LogP contribution in [-0.4, -0.2) is 14.5 Å². The van der Waals surface area contributed by atoms with E-state index in [1.165, 1.54) is 12.1 Å². The fraction of sp³-hybridized carbons (Fsp3) is 0.455. The summed E-state index contributed by atoms with van der Waals surface area (Å²) in [5.74, 6) is 0. The largest absolute Gasteiger partial charge is 0.417 e. The number of alkyl halides is 3. The molecule has 0 saturated heterocycles. The highest BCUT2D eigenvalue weighted by Crippen LogP contribution is 2.37. The van der Waals surface area contributed by atoms with E-state index in [1.807, 2.05) is 0 Å². The summed E-state index contributed by atoms with van der Waals surface area (Å²) in [5.41, 5.74) is 0.164. The number of benzene rings is 1. The van der Waals surface area contributed by atoms with E-state index in [-0.39, 0.29) is 5.56 Å². The summed E-state index contributed by atoms with van der Waals surface area (Å²) in [5, 5.41) is 0. The van der Waals surface area contributed by atoms with Crippen LogP contribution in [0.4, 0.5) is 13.2 Å². The number of rotatable bonds is 3. The Balaban J connectivity index is 2.98. The highest BCUT2D eigenvalue weighted by Gasteiger charge is 2.43. The van der Waals surface area contributed by atoms with E-state index in [0.29, 0.717) is 0 Å². The van der Waals surface area contributed by atoms with Crippen molar-refractivity contribution in [2.45, 2.75) is 31.9 Å². The molecule has 0 radical (unpaired) electrons. The fourth-order valence-corrected chi connectivity index (χ4v) is 2.28. The molecule has 0 amide bonds. The summed E-state index contributed by atoms with van der Waals surface area (Å²) in [4.78, 5) is 0. The van der Waals surface area contributed by atoms with Crippen LogP contribution in [0.5, 0.6) is 0 Å². The van der Waals surface area contributed by atoms with Gasteiger partial charge in [0.05, 0.1) is 0 Å². The van der Waals surface area contributed by atoms with Crippen molar-refractivity contribution in [3.63, 3.8) is 0 Å². The summed E-state index contributed by atoms with van der Waals surface area (Å²) < 4.78 is 43.7. The average Bonchev–Trinajstić information content (AvgIpc) is 2.13. The van der Waals surface area contributed by atoms with Crippen molar-refractivity contribution in [2.75, 3.05) is 0 Å². The van der Waals surface area contributed by atoms with Crippen LogP contribution in [0.2, 0.25) is 19.6 Å². The second-order valence-corrected chi connectivity index (χ2v) is 9.02. The number of hydrogen-bond donors (Lipinski definition) is 0. The molecule has 0 N–H and O–H groups in total. The maximum absolute atomic E-state index is 12.8. The zero-order valence-electron chi connectivity index (χ0n) is 9.51. The molecule has 0 aliphatic carbocycles. The van der Waals surface area contributed by atoms with Crippen molar-refractivity contribution in [3.05, 3.63) is 35.9 Å². The van der Waals surface area contributed by atoms with E-state index >= 15 is 0 Å². The third kappa shape index (κ3) is 3.98. The lowest BCUT2D eigenvalue weighted by molar-refractivity contribution is -0.200. The van der Waals surface area contributed by atoms with Gasteiger partial charge >= 0.3 is 6.18 Å². The minimum absolute atomic E-state index is 0.164. The van der Waals surface area contributed by atoms with Gasteiger partial charge < -0.3 is 4.43 Å². The Labute approximate surface area is 94.4 Å². The predicted octanol–water partition coefficient (Wildman–Crippen LogP) is 4.14. The van der Waals surface area contributed by atoms with E-state index in [4.69, 9.17) is 4.43 Å².